The fraction of sp³-hybridized carbons (Fsp3) is 0.389. The Morgan fingerprint density at radius 1 is 1.20 bits per heavy atom. The van der Waals surface area contributed by atoms with E-state index in [1.807, 2.05) is 12.4 Å². The topological polar surface area (TPSA) is 24.9 Å². The number of aromatic nitrogens is 1. The van der Waals surface area contributed by atoms with Gasteiger partial charge in [0, 0.05) is 18.4 Å². The van der Waals surface area contributed by atoms with Crippen LogP contribution in [0, 0.1) is 12.8 Å². The van der Waals surface area contributed by atoms with E-state index in [2.05, 4.69) is 54.6 Å². The van der Waals surface area contributed by atoms with Gasteiger partial charge in [0.2, 0.25) is 0 Å². The Balaban J connectivity index is 1.87. The van der Waals surface area contributed by atoms with Crippen LogP contribution in [0.5, 0.6) is 0 Å². The smallest absolute Gasteiger partial charge is 0.0367 e. The number of hydrogen-bond acceptors (Lipinski definition) is 2. The van der Waals surface area contributed by atoms with E-state index >= 15 is 0 Å². The molecule has 1 aliphatic rings. The Morgan fingerprint density at radius 2 is 2.00 bits per heavy atom. The van der Waals surface area contributed by atoms with Crippen LogP contribution in [-0.4, -0.2) is 12.0 Å². The van der Waals surface area contributed by atoms with Gasteiger partial charge < -0.3 is 5.32 Å². The van der Waals surface area contributed by atoms with E-state index in [0.29, 0.717) is 12.0 Å². The molecule has 1 N–H and O–H groups in total. The van der Waals surface area contributed by atoms with Gasteiger partial charge in [0.25, 0.3) is 0 Å². The van der Waals surface area contributed by atoms with Crippen LogP contribution in [0.25, 0.3) is 0 Å². The summed E-state index contributed by atoms with van der Waals surface area (Å²) < 4.78 is 0. The summed E-state index contributed by atoms with van der Waals surface area (Å²) in [6.07, 6.45) is 7.50. The molecule has 0 spiro atoms. The minimum Gasteiger partial charge on any atom is -0.313 e. The van der Waals surface area contributed by atoms with E-state index in [4.69, 9.17) is 0 Å². The standard InChI is InChI=1S/C18H22N2/c1-13-9-10-20-12-17(13)18(19-2)16-8-7-14-5-3-4-6-15(14)11-16/h3-6,9-10,12,16,18-19H,7-8,11H2,1-2H3. The molecule has 0 fully saturated rings. The van der Waals surface area contributed by atoms with Gasteiger partial charge in [-0.2, -0.15) is 0 Å². The van der Waals surface area contributed by atoms with Crippen molar-refractivity contribution in [1.82, 2.24) is 10.3 Å². The second kappa shape index (κ2) is 5.76. The number of nitrogens with one attached hydrogen (secondary N) is 1. The molecule has 3 rings (SSSR count). The summed E-state index contributed by atoms with van der Waals surface area (Å²) in [6.45, 7) is 2.18. The molecular formula is C18H22N2. The fourth-order valence-corrected chi connectivity index (χ4v) is 3.46. The molecular weight excluding hydrogens is 244 g/mol. The van der Waals surface area contributed by atoms with Crippen molar-refractivity contribution >= 4 is 0 Å². The number of nitrogens with zero attached hydrogens (tertiary/aromatic N) is 1. The zero-order chi connectivity index (χ0) is 13.9. The highest BCUT2D eigenvalue weighted by Gasteiger charge is 2.27. The first-order chi connectivity index (χ1) is 9.79. The molecule has 104 valence electrons. The van der Waals surface area contributed by atoms with E-state index in [1.54, 1.807) is 0 Å². The van der Waals surface area contributed by atoms with E-state index in [-0.39, 0.29) is 0 Å². The molecule has 2 heteroatoms. The molecule has 2 unspecified atom stereocenters. The molecule has 2 aromatic rings. The normalized spacial score (nSPS) is 19.4. The van der Waals surface area contributed by atoms with Crippen molar-refractivity contribution in [3.8, 4) is 0 Å². The Hall–Kier alpha value is -1.67. The van der Waals surface area contributed by atoms with Crippen molar-refractivity contribution in [3.63, 3.8) is 0 Å². The Labute approximate surface area is 121 Å². The number of benzene rings is 1. The van der Waals surface area contributed by atoms with Gasteiger partial charge in [-0.1, -0.05) is 24.3 Å². The SMILES string of the molecule is CNC(c1cnccc1C)C1CCc2ccccc2C1. The minimum absolute atomic E-state index is 0.400. The van der Waals surface area contributed by atoms with Crippen molar-refractivity contribution in [2.24, 2.45) is 5.92 Å². The lowest BCUT2D eigenvalue weighted by atomic mass is 9.77. The van der Waals surface area contributed by atoms with Crippen LogP contribution in [-0.2, 0) is 12.8 Å². The van der Waals surface area contributed by atoms with Crippen molar-refractivity contribution < 1.29 is 0 Å². The highest BCUT2D eigenvalue weighted by atomic mass is 14.9. The summed E-state index contributed by atoms with van der Waals surface area (Å²) in [6, 6.07) is 11.4. The Morgan fingerprint density at radius 3 is 2.75 bits per heavy atom. The third kappa shape index (κ3) is 2.48. The molecule has 2 atom stereocenters. The summed E-state index contributed by atoms with van der Waals surface area (Å²) in [5.74, 6) is 0.651. The lowest BCUT2D eigenvalue weighted by Gasteiger charge is -2.32. The van der Waals surface area contributed by atoms with Crippen molar-refractivity contribution in [2.75, 3.05) is 7.05 Å². The Kier molecular flexibility index (Phi) is 3.83. The predicted octanol–water partition coefficient (Wildman–Crippen LogP) is 3.46. The Bertz CT molecular complexity index is 591. The van der Waals surface area contributed by atoms with Crippen LogP contribution in [0.1, 0.15) is 34.7 Å². The van der Waals surface area contributed by atoms with E-state index in [0.717, 1.165) is 6.42 Å². The monoisotopic (exact) mass is 266 g/mol. The maximum Gasteiger partial charge on any atom is 0.0367 e. The van der Waals surface area contributed by atoms with Crippen LogP contribution in [0.15, 0.2) is 42.7 Å². The number of fused-ring (bicyclic) bond motifs is 1. The first kappa shape index (κ1) is 13.3. The molecule has 1 heterocycles. The molecule has 20 heavy (non-hydrogen) atoms. The number of rotatable bonds is 3. The largest absolute Gasteiger partial charge is 0.313 e. The second-order valence-corrected chi connectivity index (χ2v) is 5.77. The van der Waals surface area contributed by atoms with E-state index in [9.17, 15) is 0 Å². The van der Waals surface area contributed by atoms with Gasteiger partial charge in [-0.15, -0.1) is 0 Å². The molecule has 0 aliphatic heterocycles. The van der Waals surface area contributed by atoms with Crippen molar-refractivity contribution in [1.29, 1.82) is 0 Å². The maximum atomic E-state index is 4.31. The van der Waals surface area contributed by atoms with Crippen LogP contribution in [0.4, 0.5) is 0 Å². The molecule has 1 aromatic carbocycles. The average molecular weight is 266 g/mol. The molecule has 0 saturated heterocycles. The number of hydrogen-bond donors (Lipinski definition) is 1. The van der Waals surface area contributed by atoms with Gasteiger partial charge in [-0.3, -0.25) is 4.98 Å². The first-order valence-corrected chi connectivity index (χ1v) is 7.44. The van der Waals surface area contributed by atoms with E-state index < -0.39 is 0 Å². The van der Waals surface area contributed by atoms with Gasteiger partial charge in [0.15, 0.2) is 0 Å². The number of pyridine rings is 1. The summed E-state index contributed by atoms with van der Waals surface area (Å²) in [7, 11) is 2.07. The lowest BCUT2D eigenvalue weighted by Crippen LogP contribution is -2.30. The van der Waals surface area contributed by atoms with Gasteiger partial charge in [0.1, 0.15) is 0 Å². The molecule has 0 saturated carbocycles. The maximum absolute atomic E-state index is 4.31. The fourth-order valence-electron chi connectivity index (χ4n) is 3.46. The van der Waals surface area contributed by atoms with Crippen molar-refractivity contribution in [2.45, 2.75) is 32.2 Å². The summed E-state index contributed by atoms with van der Waals surface area (Å²) >= 11 is 0. The van der Waals surface area contributed by atoms with Gasteiger partial charge >= 0.3 is 0 Å². The molecule has 0 bridgehead atoms. The van der Waals surface area contributed by atoms with Crippen molar-refractivity contribution in [3.05, 3.63) is 65.0 Å². The minimum atomic E-state index is 0.400. The quantitative estimate of drug-likeness (QED) is 0.920. The highest BCUT2D eigenvalue weighted by molar-refractivity contribution is 5.32. The van der Waals surface area contributed by atoms with Crippen LogP contribution < -0.4 is 5.32 Å². The molecule has 0 amide bonds. The third-order valence-corrected chi connectivity index (χ3v) is 4.58. The molecule has 1 aliphatic carbocycles. The van der Waals surface area contributed by atoms with Gasteiger partial charge in [-0.05, 0) is 67.5 Å². The average Bonchev–Trinajstić information content (AvgIpc) is 2.50. The highest BCUT2D eigenvalue weighted by Crippen LogP contribution is 2.34. The zero-order valence-electron chi connectivity index (χ0n) is 12.3. The number of aryl methyl sites for hydroxylation is 2. The second-order valence-electron chi connectivity index (χ2n) is 5.77. The predicted molar refractivity (Wildman–Crippen MR) is 82.7 cm³/mol. The molecule has 2 nitrogen and oxygen atoms in total. The lowest BCUT2D eigenvalue weighted by molar-refractivity contribution is 0.340. The van der Waals surface area contributed by atoms with Gasteiger partial charge in [-0.25, -0.2) is 0 Å². The van der Waals surface area contributed by atoms with Crippen LogP contribution in [0.2, 0.25) is 0 Å². The first-order valence-electron chi connectivity index (χ1n) is 7.44. The van der Waals surface area contributed by atoms with Gasteiger partial charge in [0.05, 0.1) is 0 Å². The third-order valence-electron chi connectivity index (χ3n) is 4.58. The summed E-state index contributed by atoms with van der Waals surface area (Å²) in [5, 5.41) is 3.52. The molecule has 1 aromatic heterocycles. The zero-order valence-corrected chi connectivity index (χ0v) is 12.3. The molecule has 0 radical (unpaired) electrons. The van der Waals surface area contributed by atoms with Crippen LogP contribution >= 0.6 is 0 Å². The summed E-state index contributed by atoms with van der Waals surface area (Å²) in [4.78, 5) is 4.31. The summed E-state index contributed by atoms with van der Waals surface area (Å²) in [5.41, 5.74) is 5.73. The van der Waals surface area contributed by atoms with E-state index in [1.165, 1.54) is 35.1 Å². The van der Waals surface area contributed by atoms with Crippen LogP contribution in [0.3, 0.4) is 0 Å².